The molecular weight excluding hydrogens is 267 g/mol. The van der Waals surface area contributed by atoms with Gasteiger partial charge in [0.2, 0.25) is 0 Å². The van der Waals surface area contributed by atoms with Crippen LogP contribution in [-0.2, 0) is 0 Å². The first-order valence-corrected chi connectivity index (χ1v) is 6.35. The molecule has 0 atom stereocenters. The van der Waals surface area contributed by atoms with Crippen molar-refractivity contribution in [2.45, 2.75) is 26.8 Å². The molecule has 0 aliphatic rings. The van der Waals surface area contributed by atoms with Gasteiger partial charge in [-0.3, -0.25) is 0 Å². The van der Waals surface area contributed by atoms with Crippen molar-refractivity contribution in [2.75, 3.05) is 11.1 Å². The minimum absolute atomic E-state index is 0.101. The molecule has 0 unspecified atom stereocenters. The summed E-state index contributed by atoms with van der Waals surface area (Å²) in [6, 6.07) is 4.61. The van der Waals surface area contributed by atoms with E-state index < -0.39 is 5.82 Å². The Morgan fingerprint density at radius 2 is 2.11 bits per heavy atom. The highest BCUT2D eigenvalue weighted by Gasteiger charge is 2.17. The monoisotopic (exact) mass is 282 g/mol. The van der Waals surface area contributed by atoms with E-state index in [1.54, 1.807) is 16.8 Å². The average Bonchev–Trinajstić information content (AvgIpc) is 2.62. The van der Waals surface area contributed by atoms with E-state index in [-0.39, 0.29) is 11.7 Å². The van der Waals surface area contributed by atoms with Gasteiger partial charge in [0.15, 0.2) is 5.82 Å². The number of nitrogens with zero attached hydrogens (tertiary/aromatic N) is 2. The minimum Gasteiger partial charge on any atom is -0.394 e. The maximum Gasteiger partial charge on any atom is 0.152 e. The van der Waals surface area contributed by atoms with Crippen LogP contribution in [0.2, 0.25) is 5.02 Å². The number of aromatic nitrogens is 2. The first kappa shape index (κ1) is 13.7. The van der Waals surface area contributed by atoms with Crippen molar-refractivity contribution in [1.29, 1.82) is 0 Å². The fourth-order valence-corrected chi connectivity index (χ4v) is 2.00. The van der Waals surface area contributed by atoms with Crippen LogP contribution in [0, 0.1) is 12.7 Å². The molecule has 0 amide bonds. The first-order valence-electron chi connectivity index (χ1n) is 5.97. The molecule has 102 valence electrons. The Labute approximate surface area is 116 Å². The van der Waals surface area contributed by atoms with Crippen molar-refractivity contribution >= 4 is 28.8 Å². The molecule has 0 spiro atoms. The lowest BCUT2D eigenvalue weighted by Gasteiger charge is -2.14. The van der Waals surface area contributed by atoms with Crippen molar-refractivity contribution in [3.8, 4) is 0 Å². The molecular formula is C13H16ClFN4. The normalized spacial score (nSPS) is 11.1. The second-order valence-electron chi connectivity index (χ2n) is 4.61. The van der Waals surface area contributed by atoms with E-state index >= 15 is 0 Å². The fraction of sp³-hybridized carbons (Fsp3) is 0.308. The SMILES string of the molecule is Cc1nn(C(C)C)c(Nc2c(F)cccc2Cl)c1N. The van der Waals surface area contributed by atoms with E-state index in [0.29, 0.717) is 22.2 Å². The number of benzene rings is 1. The molecule has 0 fully saturated rings. The average molecular weight is 283 g/mol. The zero-order chi connectivity index (χ0) is 14.2. The van der Waals surface area contributed by atoms with Gasteiger partial charge in [0, 0.05) is 6.04 Å². The summed E-state index contributed by atoms with van der Waals surface area (Å²) in [6.07, 6.45) is 0. The Bertz CT molecular complexity index is 587. The van der Waals surface area contributed by atoms with Crippen LogP contribution in [0.15, 0.2) is 18.2 Å². The van der Waals surface area contributed by atoms with E-state index in [9.17, 15) is 4.39 Å². The third-order valence-corrected chi connectivity index (χ3v) is 3.14. The second-order valence-corrected chi connectivity index (χ2v) is 5.01. The van der Waals surface area contributed by atoms with Crippen molar-refractivity contribution in [3.63, 3.8) is 0 Å². The quantitative estimate of drug-likeness (QED) is 0.898. The van der Waals surface area contributed by atoms with Gasteiger partial charge in [-0.15, -0.1) is 0 Å². The minimum atomic E-state index is -0.430. The maximum atomic E-state index is 13.8. The van der Waals surface area contributed by atoms with Gasteiger partial charge in [0.25, 0.3) is 0 Å². The number of para-hydroxylation sites is 1. The first-order chi connectivity index (χ1) is 8.91. The number of nitrogens with one attached hydrogen (secondary N) is 1. The van der Waals surface area contributed by atoms with E-state index in [4.69, 9.17) is 17.3 Å². The van der Waals surface area contributed by atoms with Crippen LogP contribution in [0.4, 0.5) is 21.6 Å². The van der Waals surface area contributed by atoms with E-state index in [0.717, 1.165) is 0 Å². The van der Waals surface area contributed by atoms with Crippen molar-refractivity contribution in [2.24, 2.45) is 0 Å². The molecule has 2 aromatic rings. The molecule has 1 aromatic heterocycles. The van der Waals surface area contributed by atoms with Crippen LogP contribution in [0.1, 0.15) is 25.6 Å². The summed E-state index contributed by atoms with van der Waals surface area (Å²) in [4.78, 5) is 0. The summed E-state index contributed by atoms with van der Waals surface area (Å²) in [6.45, 7) is 5.75. The molecule has 4 nitrogen and oxygen atoms in total. The Morgan fingerprint density at radius 1 is 1.42 bits per heavy atom. The van der Waals surface area contributed by atoms with Gasteiger partial charge in [-0.1, -0.05) is 17.7 Å². The summed E-state index contributed by atoms with van der Waals surface area (Å²) in [7, 11) is 0. The molecule has 0 aliphatic carbocycles. The number of halogens is 2. The number of hydrogen-bond acceptors (Lipinski definition) is 3. The molecule has 19 heavy (non-hydrogen) atoms. The molecule has 0 bridgehead atoms. The van der Waals surface area contributed by atoms with Crippen LogP contribution in [0.5, 0.6) is 0 Å². The lowest BCUT2D eigenvalue weighted by atomic mass is 10.3. The Kier molecular flexibility index (Phi) is 3.66. The number of hydrogen-bond donors (Lipinski definition) is 2. The predicted octanol–water partition coefficient (Wildman–Crippen LogP) is 3.89. The molecule has 0 saturated heterocycles. The topological polar surface area (TPSA) is 55.9 Å². The zero-order valence-electron chi connectivity index (χ0n) is 11.0. The van der Waals surface area contributed by atoms with Crippen molar-refractivity contribution < 1.29 is 4.39 Å². The highest BCUT2D eigenvalue weighted by atomic mass is 35.5. The van der Waals surface area contributed by atoms with Gasteiger partial charge in [0.1, 0.15) is 5.82 Å². The van der Waals surface area contributed by atoms with E-state index in [1.165, 1.54) is 6.07 Å². The summed E-state index contributed by atoms with van der Waals surface area (Å²) >= 11 is 6.00. The van der Waals surface area contributed by atoms with Gasteiger partial charge in [0.05, 0.1) is 22.1 Å². The standard InChI is InChI=1S/C13H16ClFN4/c1-7(2)19-13(11(16)8(3)18-19)17-12-9(14)5-4-6-10(12)15/h4-7,17H,16H2,1-3H3. The molecule has 2 rings (SSSR count). The van der Waals surface area contributed by atoms with Crippen LogP contribution in [-0.4, -0.2) is 9.78 Å². The summed E-state index contributed by atoms with van der Waals surface area (Å²) in [5, 5.41) is 7.58. The number of nitrogens with two attached hydrogens (primary N) is 1. The van der Waals surface area contributed by atoms with Crippen LogP contribution >= 0.6 is 11.6 Å². The van der Waals surface area contributed by atoms with Gasteiger partial charge in [-0.25, -0.2) is 9.07 Å². The molecule has 0 radical (unpaired) electrons. The molecule has 1 heterocycles. The lowest BCUT2D eigenvalue weighted by molar-refractivity contribution is 0.536. The van der Waals surface area contributed by atoms with Crippen LogP contribution in [0.25, 0.3) is 0 Å². The molecule has 3 N–H and O–H groups in total. The Hall–Kier alpha value is -1.75. The molecule has 1 aromatic carbocycles. The summed E-state index contributed by atoms with van der Waals surface area (Å²) < 4.78 is 15.5. The lowest BCUT2D eigenvalue weighted by Crippen LogP contribution is -2.09. The highest BCUT2D eigenvalue weighted by Crippen LogP contribution is 2.33. The second kappa shape index (κ2) is 5.09. The number of aryl methyl sites for hydroxylation is 1. The van der Waals surface area contributed by atoms with Gasteiger partial charge < -0.3 is 11.1 Å². The highest BCUT2D eigenvalue weighted by molar-refractivity contribution is 6.33. The number of rotatable bonds is 3. The smallest absolute Gasteiger partial charge is 0.152 e. The Morgan fingerprint density at radius 3 is 2.68 bits per heavy atom. The third kappa shape index (κ3) is 2.51. The fourth-order valence-electron chi connectivity index (χ4n) is 1.79. The molecule has 6 heteroatoms. The van der Waals surface area contributed by atoms with Gasteiger partial charge in [-0.05, 0) is 32.9 Å². The Balaban J connectivity index is 2.49. The van der Waals surface area contributed by atoms with Crippen LogP contribution < -0.4 is 11.1 Å². The van der Waals surface area contributed by atoms with Crippen LogP contribution in [0.3, 0.4) is 0 Å². The maximum absolute atomic E-state index is 13.8. The third-order valence-electron chi connectivity index (χ3n) is 2.83. The summed E-state index contributed by atoms with van der Waals surface area (Å²) in [5.74, 6) is 0.126. The summed E-state index contributed by atoms with van der Waals surface area (Å²) in [5.41, 5.74) is 7.38. The molecule has 0 saturated carbocycles. The van der Waals surface area contributed by atoms with Gasteiger partial charge >= 0.3 is 0 Å². The largest absolute Gasteiger partial charge is 0.394 e. The number of anilines is 3. The van der Waals surface area contributed by atoms with Gasteiger partial charge in [-0.2, -0.15) is 5.10 Å². The number of nitrogen functional groups attached to an aromatic ring is 1. The molecule has 0 aliphatic heterocycles. The predicted molar refractivity (Wildman–Crippen MR) is 76.5 cm³/mol. The zero-order valence-corrected chi connectivity index (χ0v) is 11.8. The van der Waals surface area contributed by atoms with Crippen molar-refractivity contribution in [3.05, 3.63) is 34.7 Å². The van der Waals surface area contributed by atoms with E-state index in [2.05, 4.69) is 10.4 Å². The van der Waals surface area contributed by atoms with E-state index in [1.807, 2.05) is 20.8 Å². The van der Waals surface area contributed by atoms with Crippen molar-refractivity contribution in [1.82, 2.24) is 9.78 Å².